The normalized spacial score (nSPS) is 14.3. The third kappa shape index (κ3) is 1.49. The summed E-state index contributed by atoms with van der Waals surface area (Å²) in [5.74, 6) is 0. The molecule has 1 aromatic carbocycles. The molecule has 1 aromatic rings. The maximum absolute atomic E-state index is 8.33. The van der Waals surface area contributed by atoms with Crippen molar-refractivity contribution in [1.29, 1.82) is 0 Å². The Kier molecular flexibility index (Phi) is 1.92. The number of oxime groups is 1. The third-order valence-electron chi connectivity index (χ3n) is 1.82. The fraction of sp³-hybridized carbons (Fsp3) is 0. The number of para-hydroxylation sites is 1. The van der Waals surface area contributed by atoms with Crippen molar-refractivity contribution in [2.45, 2.75) is 0 Å². The molecule has 3 nitrogen and oxygen atoms in total. The highest BCUT2D eigenvalue weighted by Crippen LogP contribution is 2.18. The van der Waals surface area contributed by atoms with Gasteiger partial charge in [0.15, 0.2) is 0 Å². The number of nitrogens with zero attached hydrogens (tertiary/aromatic N) is 2. The highest BCUT2D eigenvalue weighted by atomic mass is 16.4. The summed E-state index contributed by atoms with van der Waals surface area (Å²) < 4.78 is 0. The average Bonchev–Trinajstić information content (AvgIpc) is 2.18. The smallest absolute Gasteiger partial charge is 0.284 e. The van der Waals surface area contributed by atoms with Crippen LogP contribution in [0.1, 0.15) is 5.56 Å². The van der Waals surface area contributed by atoms with Crippen LogP contribution in [0, 0.1) is 0 Å². The molecule has 0 amide bonds. The van der Waals surface area contributed by atoms with Crippen molar-refractivity contribution in [2.75, 3.05) is 0 Å². The van der Waals surface area contributed by atoms with E-state index in [-0.39, 0.29) is 0 Å². The fourth-order valence-corrected chi connectivity index (χ4v) is 1.23. The Morgan fingerprint density at radius 3 is 3.00 bits per heavy atom. The second-order valence-corrected chi connectivity index (χ2v) is 2.71. The zero-order valence-electron chi connectivity index (χ0n) is 6.88. The van der Waals surface area contributed by atoms with E-state index in [1.165, 1.54) is 6.21 Å². The summed E-state index contributed by atoms with van der Waals surface area (Å²) >= 11 is 0. The maximum atomic E-state index is 8.33. The molecule has 1 aliphatic heterocycles. The second kappa shape index (κ2) is 3.23. The molecule has 1 radical (unpaired) electrons. The van der Waals surface area contributed by atoms with Crippen LogP contribution in [0.4, 0.5) is 5.69 Å². The molecule has 0 spiro atoms. The van der Waals surface area contributed by atoms with Crippen LogP contribution in [0.2, 0.25) is 0 Å². The summed E-state index contributed by atoms with van der Waals surface area (Å²) in [6.45, 7) is 0. The Morgan fingerprint density at radius 2 is 2.15 bits per heavy atom. The lowest BCUT2D eigenvalue weighted by Crippen LogP contribution is -1.99. The van der Waals surface area contributed by atoms with Crippen LogP contribution in [0.15, 0.2) is 35.0 Å². The van der Waals surface area contributed by atoms with E-state index in [1.54, 1.807) is 6.21 Å². The first-order valence-electron chi connectivity index (χ1n) is 3.92. The molecule has 0 fully saturated rings. The van der Waals surface area contributed by atoms with Crippen LogP contribution in [0.5, 0.6) is 0 Å². The van der Waals surface area contributed by atoms with Gasteiger partial charge in [0.05, 0.1) is 22.3 Å². The van der Waals surface area contributed by atoms with Gasteiger partial charge in [0, 0.05) is 6.07 Å². The minimum Gasteiger partial charge on any atom is -0.411 e. The van der Waals surface area contributed by atoms with Gasteiger partial charge in [0.1, 0.15) is 0 Å². The molecule has 1 N–H and O–H groups in total. The van der Waals surface area contributed by atoms with Crippen LogP contribution in [0.25, 0.3) is 6.08 Å². The third-order valence-corrected chi connectivity index (χ3v) is 1.82. The first-order valence-corrected chi connectivity index (χ1v) is 3.92. The Hall–Kier alpha value is -1.90. The van der Waals surface area contributed by atoms with Gasteiger partial charge in [0.2, 0.25) is 0 Å². The zero-order chi connectivity index (χ0) is 9.10. The summed E-state index contributed by atoms with van der Waals surface area (Å²) in [7, 11) is 0. The van der Waals surface area contributed by atoms with Crippen molar-refractivity contribution in [2.24, 2.45) is 5.16 Å². The van der Waals surface area contributed by atoms with Gasteiger partial charge in [-0.25, -0.2) is 0 Å². The highest BCUT2D eigenvalue weighted by molar-refractivity contribution is 6.10. The quantitative estimate of drug-likeness (QED) is 0.390. The summed E-state index contributed by atoms with van der Waals surface area (Å²) in [5, 5.41) is 11.3. The predicted molar refractivity (Wildman–Crippen MR) is 52.6 cm³/mol. The summed E-state index contributed by atoms with van der Waals surface area (Å²) in [6, 6.07) is 7.80. The number of fused-ring (bicyclic) bond motifs is 1. The molecular weight excluding hydrogens is 164 g/mol. The fourth-order valence-electron chi connectivity index (χ4n) is 1.23. The van der Waals surface area contributed by atoms with Gasteiger partial charge in [-0.05, 0) is 12.1 Å². The number of rotatable bonds is 1. The molecule has 1 heterocycles. The molecule has 0 bridgehead atoms. The summed E-state index contributed by atoms with van der Waals surface area (Å²) in [6.07, 6.45) is 4.95. The van der Waals surface area contributed by atoms with E-state index < -0.39 is 0 Å². The van der Waals surface area contributed by atoms with Gasteiger partial charge in [-0.15, -0.1) is 0 Å². The van der Waals surface area contributed by atoms with Crippen molar-refractivity contribution in [1.82, 2.24) is 4.99 Å². The molecule has 13 heavy (non-hydrogen) atoms. The van der Waals surface area contributed by atoms with E-state index in [0.29, 0.717) is 0 Å². The van der Waals surface area contributed by atoms with Gasteiger partial charge in [-0.2, -0.15) is 0 Å². The molecule has 3 heteroatoms. The van der Waals surface area contributed by atoms with Gasteiger partial charge in [-0.1, -0.05) is 17.3 Å². The first-order chi connectivity index (χ1) is 6.40. The second-order valence-electron chi connectivity index (χ2n) is 2.71. The Labute approximate surface area is 75.7 Å². The molecule has 0 saturated carbocycles. The maximum Gasteiger partial charge on any atom is 0.284 e. The van der Waals surface area contributed by atoms with Gasteiger partial charge in [-0.3, -0.25) is 0 Å². The SMILES string of the molecule is ON=CC1=Cc2ccccc2[N+]=C1. The summed E-state index contributed by atoms with van der Waals surface area (Å²) in [5.41, 5.74) is 2.78. The number of allylic oxidation sites excluding steroid dienone is 1. The molecular formula is C10H8N2O+. The van der Waals surface area contributed by atoms with Crippen LogP contribution < -0.4 is 4.99 Å². The molecule has 2 rings (SSSR count). The summed E-state index contributed by atoms with van der Waals surface area (Å²) in [4.78, 5) is 4.20. The largest absolute Gasteiger partial charge is 0.411 e. The topological polar surface area (TPSA) is 46.7 Å². The van der Waals surface area contributed by atoms with E-state index in [9.17, 15) is 0 Å². The van der Waals surface area contributed by atoms with Crippen molar-refractivity contribution < 1.29 is 5.21 Å². The minimum absolute atomic E-state index is 0.793. The van der Waals surface area contributed by atoms with E-state index in [0.717, 1.165) is 16.8 Å². The van der Waals surface area contributed by atoms with Crippen molar-refractivity contribution >= 4 is 24.2 Å². The lowest BCUT2D eigenvalue weighted by Gasteiger charge is -1.95. The Bertz CT molecular complexity index is 405. The molecule has 0 atom stereocenters. The highest BCUT2D eigenvalue weighted by Gasteiger charge is 2.13. The predicted octanol–water partition coefficient (Wildman–Crippen LogP) is 1.58. The van der Waals surface area contributed by atoms with E-state index >= 15 is 0 Å². The van der Waals surface area contributed by atoms with E-state index in [4.69, 9.17) is 5.21 Å². The monoisotopic (exact) mass is 172 g/mol. The lowest BCUT2D eigenvalue weighted by atomic mass is 10.1. The van der Waals surface area contributed by atoms with E-state index in [2.05, 4.69) is 10.1 Å². The van der Waals surface area contributed by atoms with Crippen LogP contribution in [-0.2, 0) is 0 Å². The van der Waals surface area contributed by atoms with Crippen molar-refractivity contribution in [3.63, 3.8) is 0 Å². The van der Waals surface area contributed by atoms with Gasteiger partial charge in [0.25, 0.3) is 11.9 Å². The Balaban J connectivity index is 2.45. The van der Waals surface area contributed by atoms with Crippen LogP contribution >= 0.6 is 0 Å². The molecule has 0 unspecified atom stereocenters. The number of hydrogen-bond acceptors (Lipinski definition) is 3. The minimum atomic E-state index is 0.793. The van der Waals surface area contributed by atoms with Crippen molar-refractivity contribution in [3.05, 3.63) is 35.4 Å². The van der Waals surface area contributed by atoms with Crippen LogP contribution in [0.3, 0.4) is 0 Å². The number of benzene rings is 1. The standard InChI is InChI=1S/C10H8N2O/c13-12-7-8-5-9-3-1-2-4-10(9)11-6-8/h1-7,13H/q+1. The van der Waals surface area contributed by atoms with Crippen LogP contribution in [-0.4, -0.2) is 17.6 Å². The van der Waals surface area contributed by atoms with E-state index in [1.807, 2.05) is 30.3 Å². The first kappa shape index (κ1) is 7.73. The molecule has 0 aromatic heterocycles. The number of hydrogen-bond donors (Lipinski definition) is 1. The molecule has 1 aliphatic rings. The van der Waals surface area contributed by atoms with Crippen molar-refractivity contribution in [3.8, 4) is 0 Å². The molecule has 0 saturated heterocycles. The zero-order valence-corrected chi connectivity index (χ0v) is 6.88. The van der Waals surface area contributed by atoms with Gasteiger partial charge >= 0.3 is 0 Å². The number of aliphatic imine (C=N–C) groups is 1. The molecule has 63 valence electrons. The van der Waals surface area contributed by atoms with Gasteiger partial charge < -0.3 is 5.21 Å². The average molecular weight is 172 g/mol. The molecule has 0 aliphatic carbocycles. The lowest BCUT2D eigenvalue weighted by molar-refractivity contribution is 0.322. The Morgan fingerprint density at radius 1 is 1.31 bits per heavy atom.